The lowest BCUT2D eigenvalue weighted by molar-refractivity contribution is -0.134. The quantitative estimate of drug-likeness (QED) is 0.854. The third kappa shape index (κ3) is 3.79. The number of imidazole rings is 1. The SMILES string of the molecule is Cc1ccc(C)n1C(C)C(=O)N1CCCN(Cc2nccn2C)CC1. The number of rotatable bonds is 4. The van der Waals surface area contributed by atoms with Crippen molar-refractivity contribution in [3.05, 3.63) is 41.7 Å². The minimum Gasteiger partial charge on any atom is -0.340 e. The summed E-state index contributed by atoms with van der Waals surface area (Å²) in [4.78, 5) is 21.8. The molecule has 0 aliphatic carbocycles. The molecule has 0 bridgehead atoms. The average molecular weight is 343 g/mol. The monoisotopic (exact) mass is 343 g/mol. The Hall–Kier alpha value is -2.08. The number of carbonyl (C=O) groups excluding carboxylic acids is 1. The van der Waals surface area contributed by atoms with Crippen molar-refractivity contribution in [2.24, 2.45) is 7.05 Å². The largest absolute Gasteiger partial charge is 0.340 e. The Kier molecular flexibility index (Phi) is 5.27. The van der Waals surface area contributed by atoms with Gasteiger partial charge in [0.25, 0.3) is 0 Å². The van der Waals surface area contributed by atoms with Gasteiger partial charge >= 0.3 is 0 Å². The van der Waals surface area contributed by atoms with Gasteiger partial charge in [0, 0.05) is 57.0 Å². The molecule has 0 saturated carbocycles. The molecular formula is C19H29N5O. The van der Waals surface area contributed by atoms with Crippen LogP contribution in [0.3, 0.4) is 0 Å². The van der Waals surface area contributed by atoms with E-state index in [4.69, 9.17) is 0 Å². The highest BCUT2D eigenvalue weighted by Gasteiger charge is 2.25. The zero-order valence-electron chi connectivity index (χ0n) is 15.8. The summed E-state index contributed by atoms with van der Waals surface area (Å²) in [7, 11) is 2.03. The van der Waals surface area contributed by atoms with Crippen LogP contribution in [-0.2, 0) is 18.4 Å². The summed E-state index contributed by atoms with van der Waals surface area (Å²) in [6.07, 6.45) is 4.82. The number of aryl methyl sites for hydroxylation is 3. The number of hydrogen-bond donors (Lipinski definition) is 0. The van der Waals surface area contributed by atoms with Crippen LogP contribution in [0.4, 0.5) is 0 Å². The maximum absolute atomic E-state index is 13.0. The fourth-order valence-electron chi connectivity index (χ4n) is 3.76. The molecule has 3 rings (SSSR count). The van der Waals surface area contributed by atoms with Crippen molar-refractivity contribution < 1.29 is 4.79 Å². The first-order valence-corrected chi connectivity index (χ1v) is 9.09. The molecule has 2 aromatic rings. The highest BCUT2D eigenvalue weighted by Crippen LogP contribution is 2.19. The molecule has 6 heteroatoms. The first-order chi connectivity index (χ1) is 12.0. The van der Waals surface area contributed by atoms with Gasteiger partial charge in [0.2, 0.25) is 5.91 Å². The van der Waals surface area contributed by atoms with Gasteiger partial charge in [-0.1, -0.05) is 0 Å². The fourth-order valence-corrected chi connectivity index (χ4v) is 3.76. The van der Waals surface area contributed by atoms with Crippen molar-refractivity contribution in [3.63, 3.8) is 0 Å². The molecule has 3 heterocycles. The molecule has 0 radical (unpaired) electrons. The molecule has 136 valence electrons. The van der Waals surface area contributed by atoms with Crippen LogP contribution in [0.2, 0.25) is 0 Å². The van der Waals surface area contributed by atoms with Gasteiger partial charge in [-0.15, -0.1) is 0 Å². The van der Waals surface area contributed by atoms with E-state index in [0.29, 0.717) is 0 Å². The van der Waals surface area contributed by atoms with Crippen LogP contribution < -0.4 is 0 Å². The van der Waals surface area contributed by atoms with Gasteiger partial charge in [-0.2, -0.15) is 0 Å². The van der Waals surface area contributed by atoms with Crippen LogP contribution >= 0.6 is 0 Å². The van der Waals surface area contributed by atoms with E-state index in [1.165, 1.54) is 0 Å². The lowest BCUT2D eigenvalue weighted by Crippen LogP contribution is -2.39. The van der Waals surface area contributed by atoms with E-state index in [0.717, 1.165) is 56.4 Å². The lowest BCUT2D eigenvalue weighted by atomic mass is 10.2. The number of aromatic nitrogens is 3. The van der Waals surface area contributed by atoms with Crippen molar-refractivity contribution >= 4 is 5.91 Å². The predicted molar refractivity (Wildman–Crippen MR) is 98.3 cm³/mol. The van der Waals surface area contributed by atoms with E-state index in [-0.39, 0.29) is 11.9 Å². The summed E-state index contributed by atoms with van der Waals surface area (Å²) in [5.74, 6) is 1.30. The zero-order chi connectivity index (χ0) is 18.0. The van der Waals surface area contributed by atoms with Crippen LogP contribution in [0, 0.1) is 13.8 Å². The molecule has 1 aliphatic heterocycles. The van der Waals surface area contributed by atoms with Crippen molar-refractivity contribution in [2.75, 3.05) is 26.2 Å². The topological polar surface area (TPSA) is 46.3 Å². The van der Waals surface area contributed by atoms with E-state index >= 15 is 0 Å². The summed E-state index contributed by atoms with van der Waals surface area (Å²) < 4.78 is 4.20. The molecule has 1 unspecified atom stereocenters. The second kappa shape index (κ2) is 7.44. The Morgan fingerprint density at radius 1 is 1.16 bits per heavy atom. The standard InChI is InChI=1S/C19H29N5O/c1-15-6-7-16(2)24(15)17(3)19(25)23-10-5-9-22(12-13-23)14-18-20-8-11-21(18)4/h6-8,11,17H,5,9-10,12-14H2,1-4H3. The van der Waals surface area contributed by atoms with Crippen molar-refractivity contribution in [1.29, 1.82) is 0 Å². The fraction of sp³-hybridized carbons (Fsp3) is 0.579. The third-order valence-corrected chi connectivity index (χ3v) is 5.26. The third-order valence-electron chi connectivity index (χ3n) is 5.26. The molecule has 0 spiro atoms. The first kappa shape index (κ1) is 17.7. The van der Waals surface area contributed by atoms with Crippen molar-refractivity contribution in [1.82, 2.24) is 23.9 Å². The molecule has 0 N–H and O–H groups in total. The number of carbonyl (C=O) groups is 1. The van der Waals surface area contributed by atoms with Crippen molar-refractivity contribution in [2.45, 2.75) is 39.8 Å². The van der Waals surface area contributed by atoms with Gasteiger partial charge in [0.15, 0.2) is 0 Å². The molecule has 6 nitrogen and oxygen atoms in total. The first-order valence-electron chi connectivity index (χ1n) is 9.09. The molecule has 0 aromatic carbocycles. The summed E-state index contributed by atoms with van der Waals surface area (Å²) in [6.45, 7) is 10.5. The number of amides is 1. The molecular weight excluding hydrogens is 314 g/mol. The average Bonchev–Trinajstić information content (AvgIpc) is 3.04. The van der Waals surface area contributed by atoms with Crippen LogP contribution in [0.15, 0.2) is 24.5 Å². The Bertz CT molecular complexity index is 713. The molecule has 1 aliphatic rings. The molecule has 1 amide bonds. The second-order valence-electron chi connectivity index (χ2n) is 7.07. The van der Waals surface area contributed by atoms with Gasteiger partial charge in [0.05, 0.1) is 6.54 Å². The smallest absolute Gasteiger partial charge is 0.245 e. The minimum atomic E-state index is -0.143. The summed E-state index contributed by atoms with van der Waals surface area (Å²) in [6, 6.07) is 4.02. The molecule has 1 atom stereocenters. The summed E-state index contributed by atoms with van der Waals surface area (Å²) in [5.41, 5.74) is 2.29. The zero-order valence-corrected chi connectivity index (χ0v) is 15.8. The highest BCUT2D eigenvalue weighted by molar-refractivity contribution is 5.80. The van der Waals surface area contributed by atoms with E-state index in [2.05, 4.69) is 45.0 Å². The van der Waals surface area contributed by atoms with Gasteiger partial charge in [-0.3, -0.25) is 9.69 Å². The van der Waals surface area contributed by atoms with Crippen LogP contribution in [0.1, 0.15) is 36.6 Å². The lowest BCUT2D eigenvalue weighted by Gasteiger charge is -2.27. The summed E-state index contributed by atoms with van der Waals surface area (Å²) in [5, 5.41) is 0. The van der Waals surface area contributed by atoms with E-state index in [1.807, 2.05) is 31.3 Å². The Balaban J connectivity index is 1.62. The van der Waals surface area contributed by atoms with Crippen LogP contribution in [0.5, 0.6) is 0 Å². The minimum absolute atomic E-state index is 0.143. The van der Waals surface area contributed by atoms with E-state index in [9.17, 15) is 4.79 Å². The van der Waals surface area contributed by atoms with Gasteiger partial charge < -0.3 is 14.0 Å². The van der Waals surface area contributed by atoms with E-state index < -0.39 is 0 Å². The summed E-state index contributed by atoms with van der Waals surface area (Å²) >= 11 is 0. The molecule has 25 heavy (non-hydrogen) atoms. The van der Waals surface area contributed by atoms with Crippen molar-refractivity contribution in [3.8, 4) is 0 Å². The van der Waals surface area contributed by atoms with Gasteiger partial charge in [-0.25, -0.2) is 4.98 Å². The second-order valence-corrected chi connectivity index (χ2v) is 7.07. The normalized spacial score (nSPS) is 17.5. The molecule has 1 fully saturated rings. The maximum atomic E-state index is 13.0. The Morgan fingerprint density at radius 2 is 1.88 bits per heavy atom. The highest BCUT2D eigenvalue weighted by atomic mass is 16.2. The van der Waals surface area contributed by atoms with Crippen LogP contribution in [0.25, 0.3) is 0 Å². The van der Waals surface area contributed by atoms with E-state index in [1.54, 1.807) is 0 Å². The van der Waals surface area contributed by atoms with Gasteiger partial charge in [0.1, 0.15) is 11.9 Å². The maximum Gasteiger partial charge on any atom is 0.245 e. The number of nitrogens with zero attached hydrogens (tertiary/aromatic N) is 5. The van der Waals surface area contributed by atoms with Gasteiger partial charge in [-0.05, 0) is 39.3 Å². The predicted octanol–water partition coefficient (Wildman–Crippen LogP) is 2.13. The Morgan fingerprint density at radius 3 is 2.52 bits per heavy atom. The number of hydrogen-bond acceptors (Lipinski definition) is 3. The molecule has 1 saturated heterocycles. The Labute approximate surface area is 150 Å². The molecule has 2 aromatic heterocycles. The van der Waals surface area contributed by atoms with Crippen LogP contribution in [-0.4, -0.2) is 56.0 Å².